The number of rotatable bonds is 4. The molecule has 2 atom stereocenters. The van der Waals surface area contributed by atoms with Crippen molar-refractivity contribution in [2.24, 2.45) is 17.3 Å². The molecule has 3 aliphatic carbocycles. The Labute approximate surface area is 141 Å². The molecule has 0 amide bonds. The molecule has 0 spiro atoms. The number of esters is 1. The third-order valence-electron chi connectivity index (χ3n) is 5.75. The highest BCUT2D eigenvalue weighted by atomic mass is 16.5. The van der Waals surface area contributed by atoms with Gasteiger partial charge in [0.1, 0.15) is 5.52 Å². The molecule has 2 aromatic heterocycles. The summed E-state index contributed by atoms with van der Waals surface area (Å²) in [5.74, 6) is 1.09. The largest absolute Gasteiger partial charge is 0.461 e. The quantitative estimate of drug-likeness (QED) is 0.636. The fourth-order valence-corrected chi connectivity index (χ4v) is 4.06. The lowest BCUT2D eigenvalue weighted by Crippen LogP contribution is -2.48. The van der Waals surface area contributed by atoms with Crippen molar-refractivity contribution in [3.63, 3.8) is 0 Å². The maximum Gasteiger partial charge on any atom is 0.357 e. The minimum absolute atomic E-state index is 0.282. The van der Waals surface area contributed by atoms with E-state index < -0.39 is 5.97 Å². The normalized spacial score (nSPS) is 24.2. The number of hydrogen-bond acceptors (Lipinski definition) is 5. The predicted molar refractivity (Wildman–Crippen MR) is 90.3 cm³/mol. The second kappa shape index (κ2) is 5.65. The van der Waals surface area contributed by atoms with Crippen molar-refractivity contribution in [3.8, 4) is 0 Å². The number of ether oxygens (including phenoxy) is 1. The maximum atomic E-state index is 12.2. The number of fused-ring (bicyclic) bond motifs is 2. The minimum Gasteiger partial charge on any atom is -0.461 e. The van der Waals surface area contributed by atoms with E-state index in [2.05, 4.69) is 34.9 Å². The first-order valence-electron chi connectivity index (χ1n) is 8.49. The number of aromatic nitrogens is 3. The molecule has 5 heteroatoms. The zero-order chi connectivity index (χ0) is 16.7. The van der Waals surface area contributed by atoms with Crippen LogP contribution in [0.1, 0.15) is 43.6 Å². The van der Waals surface area contributed by atoms with Crippen LogP contribution in [0, 0.1) is 17.3 Å². The third-order valence-corrected chi connectivity index (χ3v) is 5.75. The van der Waals surface area contributed by atoms with Crippen LogP contribution in [0.3, 0.4) is 0 Å². The standard InChI is InChI=1S/C19H21N3O2/c1-19(2)13-4-3-12(14(19)11-13)7-10-24-18(23)16-6-5-15-17(22-16)21-9-8-20-15/h3,5-6,8-9,13-14H,4,7,10-11H2,1-2H3/t13-,14-/m0/s1. The van der Waals surface area contributed by atoms with Crippen LogP contribution in [0.2, 0.25) is 0 Å². The van der Waals surface area contributed by atoms with Gasteiger partial charge in [-0.3, -0.25) is 4.98 Å². The number of hydrogen-bond donors (Lipinski definition) is 0. The van der Waals surface area contributed by atoms with Crippen molar-refractivity contribution < 1.29 is 9.53 Å². The molecule has 5 nitrogen and oxygen atoms in total. The molecule has 3 aliphatic rings. The van der Waals surface area contributed by atoms with Crippen LogP contribution in [0.4, 0.5) is 0 Å². The first kappa shape index (κ1) is 15.2. The highest BCUT2D eigenvalue weighted by Gasteiger charge is 2.50. The summed E-state index contributed by atoms with van der Waals surface area (Å²) in [4.78, 5) is 24.7. The molecule has 124 valence electrons. The van der Waals surface area contributed by atoms with Crippen LogP contribution in [-0.4, -0.2) is 27.5 Å². The average molecular weight is 323 g/mol. The Morgan fingerprint density at radius 1 is 1.29 bits per heavy atom. The molecular weight excluding hydrogens is 302 g/mol. The molecule has 2 aromatic rings. The molecule has 0 radical (unpaired) electrons. The van der Waals surface area contributed by atoms with Gasteiger partial charge in [-0.1, -0.05) is 25.5 Å². The van der Waals surface area contributed by atoms with E-state index in [1.54, 1.807) is 24.5 Å². The first-order valence-corrected chi connectivity index (χ1v) is 8.49. The minimum atomic E-state index is -0.398. The van der Waals surface area contributed by atoms with Crippen LogP contribution in [0.5, 0.6) is 0 Å². The SMILES string of the molecule is CC1(C)[C@H]2CC=C(CCOC(=O)c3ccc4nccnc4n3)[C@@H]1C2. The van der Waals surface area contributed by atoms with Crippen molar-refractivity contribution in [3.05, 3.63) is 41.9 Å². The summed E-state index contributed by atoms with van der Waals surface area (Å²) in [7, 11) is 0. The molecule has 24 heavy (non-hydrogen) atoms. The summed E-state index contributed by atoms with van der Waals surface area (Å²) in [6.45, 7) is 5.11. The van der Waals surface area contributed by atoms with Crippen LogP contribution < -0.4 is 0 Å². The molecule has 0 N–H and O–H groups in total. The second-order valence-electron chi connectivity index (χ2n) is 7.30. The Hall–Kier alpha value is -2.30. The lowest BCUT2D eigenvalue weighted by atomic mass is 9.48. The number of allylic oxidation sites excluding steroid dienone is 1. The first-order chi connectivity index (χ1) is 11.6. The molecule has 0 saturated heterocycles. The van der Waals surface area contributed by atoms with E-state index in [0.29, 0.717) is 29.1 Å². The fraction of sp³-hybridized carbons (Fsp3) is 0.474. The van der Waals surface area contributed by atoms with Gasteiger partial charge >= 0.3 is 5.97 Å². The molecule has 0 aliphatic heterocycles. The summed E-state index contributed by atoms with van der Waals surface area (Å²) in [5, 5.41) is 0. The smallest absolute Gasteiger partial charge is 0.357 e. The lowest BCUT2D eigenvalue weighted by Gasteiger charge is -2.56. The van der Waals surface area contributed by atoms with Gasteiger partial charge in [-0.2, -0.15) is 0 Å². The number of pyridine rings is 1. The summed E-state index contributed by atoms with van der Waals surface area (Å²) < 4.78 is 5.42. The van der Waals surface area contributed by atoms with Crippen LogP contribution in [0.15, 0.2) is 36.2 Å². The monoisotopic (exact) mass is 323 g/mol. The number of nitrogens with zero attached hydrogens (tertiary/aromatic N) is 3. The molecule has 0 aromatic carbocycles. The van der Waals surface area contributed by atoms with E-state index in [9.17, 15) is 4.79 Å². The Kier molecular flexibility index (Phi) is 3.59. The summed E-state index contributed by atoms with van der Waals surface area (Å²) in [6, 6.07) is 3.38. The molecule has 0 unspecified atom stereocenters. The van der Waals surface area contributed by atoms with Gasteiger partial charge in [0.2, 0.25) is 0 Å². The summed E-state index contributed by atoms with van der Waals surface area (Å²) >= 11 is 0. The summed E-state index contributed by atoms with van der Waals surface area (Å²) in [6.07, 6.45) is 8.79. The van der Waals surface area contributed by atoms with Crippen molar-refractivity contribution in [1.29, 1.82) is 0 Å². The van der Waals surface area contributed by atoms with Gasteiger partial charge in [0.25, 0.3) is 0 Å². The summed E-state index contributed by atoms with van der Waals surface area (Å²) in [5.41, 5.74) is 3.27. The highest BCUT2D eigenvalue weighted by molar-refractivity contribution is 5.89. The zero-order valence-electron chi connectivity index (χ0n) is 14.0. The van der Waals surface area contributed by atoms with Crippen LogP contribution >= 0.6 is 0 Å². The molecule has 2 heterocycles. The van der Waals surface area contributed by atoms with E-state index in [-0.39, 0.29) is 5.69 Å². The predicted octanol–water partition coefficient (Wildman–Crippen LogP) is 3.56. The topological polar surface area (TPSA) is 65.0 Å². The van der Waals surface area contributed by atoms with Crippen molar-refractivity contribution in [2.75, 3.05) is 6.61 Å². The Balaban J connectivity index is 1.37. The molecular formula is C19H21N3O2. The fourth-order valence-electron chi connectivity index (χ4n) is 4.06. The zero-order valence-corrected chi connectivity index (χ0v) is 14.0. The molecule has 2 bridgehead atoms. The van der Waals surface area contributed by atoms with E-state index >= 15 is 0 Å². The molecule has 1 fully saturated rings. The van der Waals surface area contributed by atoms with Crippen LogP contribution in [-0.2, 0) is 4.74 Å². The Bertz CT molecular complexity index is 828. The van der Waals surface area contributed by atoms with Gasteiger partial charge in [-0.05, 0) is 42.2 Å². The second-order valence-corrected chi connectivity index (χ2v) is 7.30. The Morgan fingerprint density at radius 2 is 2.12 bits per heavy atom. The van der Waals surface area contributed by atoms with Gasteiger partial charge in [0, 0.05) is 18.8 Å². The Morgan fingerprint density at radius 3 is 2.92 bits per heavy atom. The molecule has 1 saturated carbocycles. The average Bonchev–Trinajstić information content (AvgIpc) is 2.61. The number of carbonyl (C=O) groups is 1. The van der Waals surface area contributed by atoms with Gasteiger partial charge in [-0.25, -0.2) is 14.8 Å². The van der Waals surface area contributed by atoms with E-state index in [4.69, 9.17) is 4.74 Å². The third kappa shape index (κ3) is 2.48. The number of carbonyl (C=O) groups excluding carboxylic acids is 1. The highest BCUT2D eigenvalue weighted by Crippen LogP contribution is 2.59. The van der Waals surface area contributed by atoms with Gasteiger partial charge in [0.05, 0.1) is 6.61 Å². The van der Waals surface area contributed by atoms with Crippen molar-refractivity contribution in [1.82, 2.24) is 15.0 Å². The molecule has 5 rings (SSSR count). The van der Waals surface area contributed by atoms with Crippen molar-refractivity contribution in [2.45, 2.75) is 33.1 Å². The van der Waals surface area contributed by atoms with Crippen LogP contribution in [0.25, 0.3) is 11.2 Å². The van der Waals surface area contributed by atoms with Gasteiger partial charge in [0.15, 0.2) is 11.3 Å². The van der Waals surface area contributed by atoms with E-state index in [1.807, 2.05) is 0 Å². The maximum absolute atomic E-state index is 12.2. The van der Waals surface area contributed by atoms with E-state index in [1.165, 1.54) is 12.0 Å². The van der Waals surface area contributed by atoms with Gasteiger partial charge in [-0.15, -0.1) is 0 Å². The van der Waals surface area contributed by atoms with Crippen molar-refractivity contribution >= 4 is 17.1 Å². The van der Waals surface area contributed by atoms with Gasteiger partial charge < -0.3 is 4.74 Å². The van der Waals surface area contributed by atoms with E-state index in [0.717, 1.165) is 18.8 Å². The lowest BCUT2D eigenvalue weighted by molar-refractivity contribution is -0.0103.